The van der Waals surface area contributed by atoms with E-state index in [0.717, 1.165) is 25.0 Å². The van der Waals surface area contributed by atoms with Gasteiger partial charge >= 0.3 is 0 Å². The molecule has 2 rings (SSSR count). The molecule has 0 spiro atoms. The van der Waals surface area contributed by atoms with Crippen molar-refractivity contribution in [2.45, 2.75) is 31.7 Å². The van der Waals surface area contributed by atoms with Gasteiger partial charge in [-0.25, -0.2) is 8.78 Å². The maximum atomic E-state index is 13.6. The first-order valence-electron chi connectivity index (χ1n) is 5.85. The molecule has 0 aromatic heterocycles. The lowest BCUT2D eigenvalue weighted by Gasteiger charge is -2.12. The number of amides is 1. The highest BCUT2D eigenvalue weighted by Crippen LogP contribution is 2.34. The van der Waals surface area contributed by atoms with Crippen LogP contribution in [0.25, 0.3) is 6.08 Å². The highest BCUT2D eigenvalue weighted by atomic mass is 19.1. The summed E-state index contributed by atoms with van der Waals surface area (Å²) >= 11 is 0. The van der Waals surface area contributed by atoms with Crippen molar-refractivity contribution in [2.75, 3.05) is 0 Å². The minimum Gasteiger partial charge on any atom is -0.351 e. The molecule has 0 unspecified atom stereocenters. The number of hydrogen-bond donors (Lipinski definition) is 1. The molecule has 1 saturated carbocycles. The molecule has 1 aromatic carbocycles. The van der Waals surface area contributed by atoms with Gasteiger partial charge in [0.25, 0.3) is 0 Å². The molecule has 4 heteroatoms. The molecule has 0 bridgehead atoms. The van der Waals surface area contributed by atoms with Crippen molar-refractivity contribution >= 4 is 12.0 Å². The lowest BCUT2D eigenvalue weighted by molar-refractivity contribution is -0.121. The molecule has 1 N–H and O–H groups in total. The standard InChI is InChI=1S/C14H15F2NO/c1-3-9-6-12(16)10(7-11(9)15)8-13(18)17-14(2)4-5-14/h3,6-7H,1,4-5,8H2,2H3,(H,17,18). The summed E-state index contributed by atoms with van der Waals surface area (Å²) in [6.07, 6.45) is 2.97. The van der Waals surface area contributed by atoms with Crippen LogP contribution >= 0.6 is 0 Å². The van der Waals surface area contributed by atoms with E-state index < -0.39 is 11.6 Å². The summed E-state index contributed by atoms with van der Waals surface area (Å²) in [5, 5.41) is 2.81. The Labute approximate surface area is 105 Å². The van der Waals surface area contributed by atoms with Crippen LogP contribution in [0.2, 0.25) is 0 Å². The van der Waals surface area contributed by atoms with Crippen molar-refractivity contribution < 1.29 is 13.6 Å². The summed E-state index contributed by atoms with van der Waals surface area (Å²) in [5.41, 5.74) is 0.0262. The van der Waals surface area contributed by atoms with Gasteiger partial charge in [0, 0.05) is 16.7 Å². The number of nitrogens with one attached hydrogen (secondary N) is 1. The Morgan fingerprint density at radius 2 is 2.11 bits per heavy atom. The highest BCUT2D eigenvalue weighted by Gasteiger charge is 2.38. The van der Waals surface area contributed by atoms with Gasteiger partial charge in [0.1, 0.15) is 11.6 Å². The molecule has 1 amide bonds. The summed E-state index contributed by atoms with van der Waals surface area (Å²) < 4.78 is 27.1. The monoisotopic (exact) mass is 251 g/mol. The summed E-state index contributed by atoms with van der Waals surface area (Å²) in [6.45, 7) is 5.33. The van der Waals surface area contributed by atoms with Crippen LogP contribution in [0.4, 0.5) is 8.78 Å². The van der Waals surface area contributed by atoms with Crippen LogP contribution in [0, 0.1) is 11.6 Å². The van der Waals surface area contributed by atoms with Gasteiger partial charge in [-0.2, -0.15) is 0 Å². The van der Waals surface area contributed by atoms with E-state index in [0.29, 0.717) is 0 Å². The molecule has 1 fully saturated rings. The van der Waals surface area contributed by atoms with Gasteiger partial charge in [0.05, 0.1) is 6.42 Å². The highest BCUT2D eigenvalue weighted by molar-refractivity contribution is 5.79. The van der Waals surface area contributed by atoms with E-state index in [2.05, 4.69) is 11.9 Å². The van der Waals surface area contributed by atoms with E-state index in [1.807, 2.05) is 6.92 Å². The minimum atomic E-state index is -0.581. The molecule has 96 valence electrons. The van der Waals surface area contributed by atoms with E-state index in [9.17, 15) is 13.6 Å². The maximum Gasteiger partial charge on any atom is 0.224 e. The quantitative estimate of drug-likeness (QED) is 0.876. The van der Waals surface area contributed by atoms with Crippen LogP contribution in [-0.2, 0) is 11.2 Å². The first kappa shape index (κ1) is 12.7. The van der Waals surface area contributed by atoms with E-state index in [4.69, 9.17) is 0 Å². The third kappa shape index (κ3) is 2.75. The molecule has 1 aromatic rings. The number of carbonyl (C=O) groups is 1. The fourth-order valence-electron chi connectivity index (χ4n) is 1.76. The Morgan fingerprint density at radius 1 is 1.44 bits per heavy atom. The zero-order valence-corrected chi connectivity index (χ0v) is 10.2. The normalized spacial score (nSPS) is 16.2. The number of benzene rings is 1. The zero-order valence-electron chi connectivity index (χ0n) is 10.2. The average molecular weight is 251 g/mol. The minimum absolute atomic E-state index is 0.0693. The SMILES string of the molecule is C=Cc1cc(F)c(CC(=O)NC2(C)CC2)cc1F. The predicted octanol–water partition coefficient (Wildman–Crippen LogP) is 2.82. The van der Waals surface area contributed by atoms with Gasteiger partial charge in [-0.15, -0.1) is 0 Å². The van der Waals surface area contributed by atoms with Crippen molar-refractivity contribution in [3.05, 3.63) is 41.5 Å². The largest absolute Gasteiger partial charge is 0.351 e. The van der Waals surface area contributed by atoms with Crippen molar-refractivity contribution in [3.63, 3.8) is 0 Å². The van der Waals surface area contributed by atoms with E-state index in [1.54, 1.807) is 0 Å². The van der Waals surface area contributed by atoms with E-state index >= 15 is 0 Å². The lowest BCUT2D eigenvalue weighted by atomic mass is 10.1. The Balaban J connectivity index is 2.11. The summed E-state index contributed by atoms with van der Waals surface area (Å²) in [7, 11) is 0. The van der Waals surface area contributed by atoms with Crippen LogP contribution < -0.4 is 5.32 Å². The first-order valence-corrected chi connectivity index (χ1v) is 5.85. The smallest absolute Gasteiger partial charge is 0.224 e. The third-order valence-electron chi connectivity index (χ3n) is 3.18. The van der Waals surface area contributed by atoms with Gasteiger partial charge in [0.2, 0.25) is 5.91 Å². The van der Waals surface area contributed by atoms with Gasteiger partial charge in [-0.1, -0.05) is 12.7 Å². The second kappa shape index (κ2) is 4.52. The van der Waals surface area contributed by atoms with E-state index in [1.165, 1.54) is 6.08 Å². The topological polar surface area (TPSA) is 29.1 Å². The van der Waals surface area contributed by atoms with Gasteiger partial charge < -0.3 is 5.32 Å². The Morgan fingerprint density at radius 3 is 2.67 bits per heavy atom. The van der Waals surface area contributed by atoms with Gasteiger partial charge in [0.15, 0.2) is 0 Å². The summed E-state index contributed by atoms with van der Waals surface area (Å²) in [6, 6.07) is 2.12. The molecule has 0 heterocycles. The second-order valence-electron chi connectivity index (χ2n) is 4.95. The van der Waals surface area contributed by atoms with Crippen molar-refractivity contribution in [1.29, 1.82) is 0 Å². The van der Waals surface area contributed by atoms with Crippen molar-refractivity contribution in [1.82, 2.24) is 5.32 Å². The van der Waals surface area contributed by atoms with Crippen LogP contribution in [0.15, 0.2) is 18.7 Å². The van der Waals surface area contributed by atoms with Crippen molar-refractivity contribution in [3.8, 4) is 0 Å². The molecule has 0 atom stereocenters. The Bertz CT molecular complexity index is 507. The fourth-order valence-corrected chi connectivity index (χ4v) is 1.76. The molecule has 0 radical (unpaired) electrons. The molecule has 0 saturated heterocycles. The molecule has 1 aliphatic rings. The molecular weight excluding hydrogens is 236 g/mol. The van der Waals surface area contributed by atoms with Gasteiger partial charge in [-0.05, 0) is 31.9 Å². The Kier molecular flexibility index (Phi) is 3.20. The first-order chi connectivity index (χ1) is 8.43. The predicted molar refractivity (Wildman–Crippen MR) is 65.9 cm³/mol. The van der Waals surface area contributed by atoms with Crippen LogP contribution in [0.3, 0.4) is 0 Å². The van der Waals surface area contributed by atoms with Crippen LogP contribution in [0.5, 0.6) is 0 Å². The number of halogens is 2. The molecule has 0 aliphatic heterocycles. The Hall–Kier alpha value is -1.71. The van der Waals surface area contributed by atoms with Crippen LogP contribution in [0.1, 0.15) is 30.9 Å². The van der Waals surface area contributed by atoms with Crippen LogP contribution in [-0.4, -0.2) is 11.4 Å². The summed E-state index contributed by atoms with van der Waals surface area (Å²) in [5.74, 6) is -1.42. The maximum absolute atomic E-state index is 13.6. The lowest BCUT2D eigenvalue weighted by Crippen LogP contribution is -2.35. The molecule has 1 aliphatic carbocycles. The fraction of sp³-hybridized carbons (Fsp3) is 0.357. The molecular formula is C14H15F2NO. The third-order valence-corrected chi connectivity index (χ3v) is 3.18. The summed E-state index contributed by atoms with van der Waals surface area (Å²) in [4.78, 5) is 11.7. The molecule has 2 nitrogen and oxygen atoms in total. The number of hydrogen-bond acceptors (Lipinski definition) is 1. The second-order valence-corrected chi connectivity index (χ2v) is 4.95. The number of rotatable bonds is 4. The van der Waals surface area contributed by atoms with Gasteiger partial charge in [-0.3, -0.25) is 4.79 Å². The van der Waals surface area contributed by atoms with E-state index in [-0.39, 0.29) is 29.0 Å². The molecule has 18 heavy (non-hydrogen) atoms. The average Bonchev–Trinajstić information content (AvgIpc) is 3.00. The zero-order chi connectivity index (χ0) is 13.3. The number of carbonyl (C=O) groups excluding carboxylic acids is 1. The van der Waals surface area contributed by atoms with Crippen molar-refractivity contribution in [2.24, 2.45) is 0 Å².